The van der Waals surface area contributed by atoms with E-state index >= 15 is 0 Å². The van der Waals surface area contributed by atoms with Crippen molar-refractivity contribution < 1.29 is 57.3 Å². The standard InChI is InChI=1S/C7H5N3O9S.Na/c11-8(12)6-4-2-1-3-5(6)7(9(13)14,10(15)16)20(17,18)19;/h1-4H,(H,17,18,19);/q;+1/p-1. The summed E-state index contributed by atoms with van der Waals surface area (Å²) in [4.78, 5) is 22.8. The molecule has 0 atom stereocenters. The van der Waals surface area contributed by atoms with Crippen molar-refractivity contribution in [3.8, 4) is 0 Å². The van der Waals surface area contributed by atoms with Gasteiger partial charge in [-0.1, -0.05) is 12.1 Å². The van der Waals surface area contributed by atoms with E-state index in [1.807, 2.05) is 0 Å². The molecule has 1 rings (SSSR count). The molecule has 0 aliphatic carbocycles. The fourth-order valence-electron chi connectivity index (χ4n) is 1.49. The third kappa shape index (κ3) is 3.01. The number of hydrogen-bond donors (Lipinski definition) is 0. The quantitative estimate of drug-likeness (QED) is 0.176. The number of benzene rings is 1. The van der Waals surface area contributed by atoms with Crippen LogP contribution in [0.3, 0.4) is 0 Å². The first-order chi connectivity index (χ1) is 9.06. The minimum Gasteiger partial charge on any atom is -0.737 e. The Morgan fingerprint density at radius 3 is 1.71 bits per heavy atom. The molecular formula is C7H4N3NaO9S. The summed E-state index contributed by atoms with van der Waals surface area (Å²) in [6.07, 6.45) is 0. The second kappa shape index (κ2) is 6.40. The first-order valence-electron chi connectivity index (χ1n) is 4.55. The Hall–Kier alpha value is -1.67. The normalized spacial score (nSPS) is 11.3. The molecule has 108 valence electrons. The summed E-state index contributed by atoms with van der Waals surface area (Å²) in [5.74, 6) is 0. The van der Waals surface area contributed by atoms with Crippen LogP contribution >= 0.6 is 0 Å². The van der Waals surface area contributed by atoms with E-state index in [-0.39, 0.29) is 29.6 Å². The van der Waals surface area contributed by atoms with Gasteiger partial charge in [0.05, 0.1) is 4.92 Å². The zero-order chi connectivity index (χ0) is 15.7. The molecule has 0 saturated carbocycles. The van der Waals surface area contributed by atoms with E-state index in [0.717, 1.165) is 12.1 Å². The summed E-state index contributed by atoms with van der Waals surface area (Å²) in [6, 6.07) is 2.99. The van der Waals surface area contributed by atoms with Gasteiger partial charge < -0.3 is 4.55 Å². The molecule has 0 N–H and O–H groups in total. The van der Waals surface area contributed by atoms with Gasteiger partial charge in [-0.25, -0.2) is 8.42 Å². The number of rotatable bonds is 5. The van der Waals surface area contributed by atoms with Gasteiger partial charge in [-0.2, -0.15) is 0 Å². The minimum absolute atomic E-state index is 0. The van der Waals surface area contributed by atoms with Crippen LogP contribution in [0.4, 0.5) is 5.69 Å². The van der Waals surface area contributed by atoms with Crippen molar-refractivity contribution in [2.45, 2.75) is 4.99 Å². The van der Waals surface area contributed by atoms with Crippen LogP contribution in [0, 0.1) is 30.3 Å². The average Bonchev–Trinajstić information content (AvgIpc) is 2.26. The smallest absolute Gasteiger partial charge is 0.737 e. The number of nitrogens with zero attached hydrogens (tertiary/aromatic N) is 3. The zero-order valence-electron chi connectivity index (χ0n) is 10.2. The molecular weight excluding hydrogens is 325 g/mol. The van der Waals surface area contributed by atoms with Gasteiger partial charge in [0.1, 0.15) is 9.85 Å². The summed E-state index contributed by atoms with van der Waals surface area (Å²) in [5, 5.41) is 32.4. The van der Waals surface area contributed by atoms with Gasteiger partial charge in [-0.05, 0) is 6.07 Å². The third-order valence-electron chi connectivity index (χ3n) is 2.30. The number of hydrogen-bond acceptors (Lipinski definition) is 9. The first-order valence-corrected chi connectivity index (χ1v) is 5.96. The maximum absolute atomic E-state index is 11.1. The van der Waals surface area contributed by atoms with Crippen LogP contribution in [0.5, 0.6) is 0 Å². The van der Waals surface area contributed by atoms with Gasteiger partial charge in [0.2, 0.25) is 10.1 Å². The Balaban J connectivity index is 0.00000400. The van der Waals surface area contributed by atoms with Crippen LogP contribution in [-0.2, 0) is 15.1 Å². The second-order valence-electron chi connectivity index (χ2n) is 3.35. The zero-order valence-corrected chi connectivity index (χ0v) is 13.1. The van der Waals surface area contributed by atoms with Crippen LogP contribution < -0.4 is 29.6 Å². The molecule has 14 heteroatoms. The maximum Gasteiger partial charge on any atom is 1.00 e. The molecule has 0 aliphatic rings. The van der Waals surface area contributed by atoms with Crippen LogP contribution in [0.15, 0.2) is 24.3 Å². The van der Waals surface area contributed by atoms with Crippen LogP contribution in [0.25, 0.3) is 0 Å². The topological polar surface area (TPSA) is 187 Å². The third-order valence-corrected chi connectivity index (χ3v) is 3.51. The van der Waals surface area contributed by atoms with Gasteiger partial charge in [0.15, 0.2) is 5.56 Å². The number of nitro groups is 3. The summed E-state index contributed by atoms with van der Waals surface area (Å²) in [6.45, 7) is 0. The van der Waals surface area contributed by atoms with E-state index < -0.39 is 41.1 Å². The van der Waals surface area contributed by atoms with Crippen molar-refractivity contribution in [2.24, 2.45) is 0 Å². The predicted octanol–water partition coefficient (Wildman–Crippen LogP) is -3.19. The fourth-order valence-corrected chi connectivity index (χ4v) is 2.30. The summed E-state index contributed by atoms with van der Waals surface area (Å²) >= 11 is 0. The fraction of sp³-hybridized carbons (Fsp3) is 0.143. The molecule has 0 heterocycles. The Labute approximate surface area is 138 Å². The molecule has 1 aromatic rings. The van der Waals surface area contributed by atoms with Crippen LogP contribution in [0.2, 0.25) is 0 Å². The van der Waals surface area contributed by atoms with Crippen molar-refractivity contribution in [2.75, 3.05) is 0 Å². The molecule has 0 fully saturated rings. The predicted molar refractivity (Wildman–Crippen MR) is 58.5 cm³/mol. The molecule has 0 radical (unpaired) electrons. The molecule has 0 bridgehead atoms. The van der Waals surface area contributed by atoms with Gasteiger partial charge in [0, 0.05) is 6.07 Å². The molecule has 0 aromatic heterocycles. The SMILES string of the molecule is O=[N+]([O-])c1ccccc1C([N+](=O)[O-])([N+](=O)[O-])S(=O)(=O)[O-].[Na+]. The summed E-state index contributed by atoms with van der Waals surface area (Å²) < 4.78 is 33.2. The van der Waals surface area contributed by atoms with Crippen molar-refractivity contribution in [3.05, 3.63) is 60.2 Å². The molecule has 0 spiro atoms. The Morgan fingerprint density at radius 1 is 0.952 bits per heavy atom. The molecule has 21 heavy (non-hydrogen) atoms. The number of nitro benzene ring substituents is 1. The molecule has 1 aromatic carbocycles. The molecule has 0 aliphatic heterocycles. The maximum atomic E-state index is 11.1. The van der Waals surface area contributed by atoms with Gasteiger partial charge in [0.25, 0.3) is 5.69 Å². The van der Waals surface area contributed by atoms with E-state index in [0.29, 0.717) is 12.1 Å². The second-order valence-corrected chi connectivity index (χ2v) is 4.83. The van der Waals surface area contributed by atoms with Gasteiger partial charge in [-0.3, -0.25) is 30.3 Å². The van der Waals surface area contributed by atoms with E-state index in [1.165, 1.54) is 0 Å². The van der Waals surface area contributed by atoms with Crippen molar-refractivity contribution in [1.29, 1.82) is 0 Å². The van der Waals surface area contributed by atoms with Crippen molar-refractivity contribution in [3.63, 3.8) is 0 Å². The summed E-state index contributed by atoms with van der Waals surface area (Å²) in [7, 11) is -6.19. The molecule has 0 unspecified atom stereocenters. The largest absolute Gasteiger partial charge is 1.00 e. The Bertz CT molecular complexity index is 689. The Kier molecular flexibility index (Phi) is 5.89. The number of para-hydroxylation sites is 1. The van der Waals surface area contributed by atoms with E-state index in [4.69, 9.17) is 0 Å². The summed E-state index contributed by atoms with van der Waals surface area (Å²) in [5.41, 5.74) is -2.66. The van der Waals surface area contributed by atoms with Crippen molar-refractivity contribution in [1.82, 2.24) is 0 Å². The van der Waals surface area contributed by atoms with E-state index in [2.05, 4.69) is 0 Å². The molecule has 12 nitrogen and oxygen atoms in total. The van der Waals surface area contributed by atoms with Crippen LogP contribution in [-0.4, -0.2) is 27.7 Å². The first kappa shape index (κ1) is 19.3. The monoisotopic (exact) mass is 329 g/mol. The van der Waals surface area contributed by atoms with E-state index in [9.17, 15) is 43.3 Å². The van der Waals surface area contributed by atoms with Crippen LogP contribution in [0.1, 0.15) is 5.56 Å². The van der Waals surface area contributed by atoms with Crippen molar-refractivity contribution >= 4 is 15.8 Å². The molecule has 0 saturated heterocycles. The minimum atomic E-state index is -6.19. The average molecular weight is 329 g/mol. The molecule has 0 amide bonds. The van der Waals surface area contributed by atoms with E-state index in [1.54, 1.807) is 0 Å². The van der Waals surface area contributed by atoms with Gasteiger partial charge in [-0.15, -0.1) is 0 Å². The Morgan fingerprint density at radius 2 is 1.38 bits per heavy atom. The van der Waals surface area contributed by atoms with Gasteiger partial charge >= 0.3 is 34.6 Å².